The summed E-state index contributed by atoms with van der Waals surface area (Å²) in [6.45, 7) is 15.9. The highest BCUT2D eigenvalue weighted by atomic mass is 16.3. The summed E-state index contributed by atoms with van der Waals surface area (Å²) in [5, 5.41) is 11.2. The van der Waals surface area contributed by atoms with Gasteiger partial charge in [0.15, 0.2) is 0 Å². The van der Waals surface area contributed by atoms with Gasteiger partial charge in [-0.3, -0.25) is 9.59 Å². The highest BCUT2D eigenvalue weighted by Gasteiger charge is 2.45. The number of aliphatic hydroxyl groups is 1. The second kappa shape index (κ2) is 10.6. The number of hydrogen-bond donors (Lipinski definition) is 1. The zero-order chi connectivity index (χ0) is 25.0. The van der Waals surface area contributed by atoms with Crippen molar-refractivity contribution < 1.29 is 14.7 Å². The molecule has 0 aliphatic carbocycles. The number of amides is 1. The molecule has 5 nitrogen and oxygen atoms in total. The Hall–Kier alpha value is -2.92. The van der Waals surface area contributed by atoms with Crippen molar-refractivity contribution in [1.29, 1.82) is 0 Å². The Morgan fingerprint density at radius 3 is 2.09 bits per heavy atom. The first-order chi connectivity index (χ1) is 16.1. The Morgan fingerprint density at radius 1 is 0.971 bits per heavy atom. The average molecular weight is 463 g/mol. The van der Waals surface area contributed by atoms with Crippen LogP contribution in [0.15, 0.2) is 54.1 Å². The van der Waals surface area contributed by atoms with Gasteiger partial charge in [0.25, 0.3) is 11.7 Å². The first-order valence-corrected chi connectivity index (χ1v) is 12.3. The lowest BCUT2D eigenvalue weighted by atomic mass is 9.85. The Morgan fingerprint density at radius 2 is 1.56 bits per heavy atom. The molecule has 3 rings (SSSR count). The number of aryl methyl sites for hydroxylation is 1. The lowest BCUT2D eigenvalue weighted by molar-refractivity contribution is -0.140. The van der Waals surface area contributed by atoms with E-state index in [4.69, 9.17) is 0 Å². The van der Waals surface area contributed by atoms with Crippen LogP contribution in [0.2, 0.25) is 0 Å². The summed E-state index contributed by atoms with van der Waals surface area (Å²) in [4.78, 5) is 30.3. The van der Waals surface area contributed by atoms with Gasteiger partial charge in [0.05, 0.1) is 11.6 Å². The van der Waals surface area contributed by atoms with Crippen LogP contribution in [0.5, 0.6) is 0 Å². The second-order valence-corrected chi connectivity index (χ2v) is 10.1. The molecule has 1 aliphatic rings. The minimum absolute atomic E-state index is 0.00793. The van der Waals surface area contributed by atoms with E-state index in [-0.39, 0.29) is 16.7 Å². The molecule has 0 radical (unpaired) electrons. The van der Waals surface area contributed by atoms with Crippen LogP contribution in [0.25, 0.3) is 5.76 Å². The third kappa shape index (κ3) is 5.41. The molecular weight excluding hydrogens is 424 g/mol. The van der Waals surface area contributed by atoms with Crippen molar-refractivity contribution in [2.75, 3.05) is 26.2 Å². The highest BCUT2D eigenvalue weighted by Crippen LogP contribution is 2.40. The summed E-state index contributed by atoms with van der Waals surface area (Å²) in [5.41, 5.74) is 3.77. The Balaban J connectivity index is 2.04. The van der Waals surface area contributed by atoms with Crippen LogP contribution in [0.3, 0.4) is 0 Å². The molecule has 2 aromatic rings. The molecule has 1 unspecified atom stereocenters. The average Bonchev–Trinajstić information content (AvgIpc) is 3.06. The molecule has 1 aliphatic heterocycles. The molecule has 1 fully saturated rings. The van der Waals surface area contributed by atoms with E-state index in [9.17, 15) is 14.7 Å². The number of ketones is 1. The van der Waals surface area contributed by atoms with Gasteiger partial charge in [-0.25, -0.2) is 0 Å². The van der Waals surface area contributed by atoms with E-state index < -0.39 is 17.7 Å². The smallest absolute Gasteiger partial charge is 0.295 e. The van der Waals surface area contributed by atoms with Gasteiger partial charge in [-0.1, -0.05) is 88.7 Å². The van der Waals surface area contributed by atoms with Crippen LogP contribution in [-0.2, 0) is 15.0 Å². The first-order valence-electron chi connectivity index (χ1n) is 12.3. The number of likely N-dealkylation sites (tertiary alicyclic amines) is 1. The lowest BCUT2D eigenvalue weighted by Gasteiger charge is -2.27. The number of rotatable bonds is 8. The van der Waals surface area contributed by atoms with Gasteiger partial charge in [-0.05, 0) is 49.5 Å². The van der Waals surface area contributed by atoms with Crippen molar-refractivity contribution in [1.82, 2.24) is 9.80 Å². The van der Waals surface area contributed by atoms with Crippen molar-refractivity contribution >= 4 is 17.4 Å². The monoisotopic (exact) mass is 462 g/mol. The SMILES string of the molecule is CCN(CC)CCCN1C(=O)C(=O)/C(=C(/O)c2ccc(C)cc2)C1c1ccc(C(C)(C)C)cc1. The molecule has 0 aromatic heterocycles. The van der Waals surface area contributed by atoms with E-state index in [1.165, 1.54) is 5.56 Å². The number of nitrogens with zero attached hydrogens (tertiary/aromatic N) is 2. The van der Waals surface area contributed by atoms with Gasteiger partial charge in [0.1, 0.15) is 5.76 Å². The molecule has 0 bridgehead atoms. The predicted octanol–water partition coefficient (Wildman–Crippen LogP) is 5.45. The van der Waals surface area contributed by atoms with E-state index in [0.717, 1.165) is 37.2 Å². The van der Waals surface area contributed by atoms with Crippen LogP contribution in [-0.4, -0.2) is 52.8 Å². The largest absolute Gasteiger partial charge is 0.507 e. The van der Waals surface area contributed by atoms with Gasteiger partial charge >= 0.3 is 0 Å². The highest BCUT2D eigenvalue weighted by molar-refractivity contribution is 6.46. The van der Waals surface area contributed by atoms with Gasteiger partial charge in [-0.2, -0.15) is 0 Å². The fourth-order valence-electron chi connectivity index (χ4n) is 4.49. The minimum Gasteiger partial charge on any atom is -0.507 e. The molecule has 5 heteroatoms. The van der Waals surface area contributed by atoms with Gasteiger partial charge in [0, 0.05) is 12.1 Å². The van der Waals surface area contributed by atoms with E-state index in [2.05, 4.69) is 51.7 Å². The molecular formula is C29H38N2O3. The molecule has 2 aromatic carbocycles. The summed E-state index contributed by atoms with van der Waals surface area (Å²) in [6.07, 6.45) is 0.760. The van der Waals surface area contributed by atoms with Crippen molar-refractivity contribution in [2.24, 2.45) is 0 Å². The minimum atomic E-state index is -0.620. The summed E-state index contributed by atoms with van der Waals surface area (Å²) in [7, 11) is 0. The van der Waals surface area contributed by atoms with Crippen LogP contribution in [0, 0.1) is 6.92 Å². The molecule has 1 N–H and O–H groups in total. The molecule has 1 atom stereocenters. The van der Waals surface area contributed by atoms with Crippen LogP contribution < -0.4 is 0 Å². The summed E-state index contributed by atoms with van der Waals surface area (Å²) < 4.78 is 0. The maximum atomic E-state index is 13.2. The number of aliphatic hydroxyl groups excluding tert-OH is 1. The third-order valence-electron chi connectivity index (χ3n) is 6.73. The molecule has 1 amide bonds. The normalized spacial score (nSPS) is 18.2. The standard InChI is InChI=1S/C29H38N2O3/c1-7-30(8-2)18-9-19-31-25(21-14-16-23(17-15-21)29(4,5)6)24(27(33)28(31)34)26(32)22-12-10-20(3)11-13-22/h10-17,25,32H,7-9,18-19H2,1-6H3/b26-24+. The fourth-order valence-corrected chi connectivity index (χ4v) is 4.49. The van der Waals surface area contributed by atoms with E-state index in [0.29, 0.717) is 12.1 Å². The van der Waals surface area contributed by atoms with Crippen LogP contribution >= 0.6 is 0 Å². The summed E-state index contributed by atoms with van der Waals surface area (Å²) in [6, 6.07) is 14.8. The van der Waals surface area contributed by atoms with Crippen LogP contribution in [0.4, 0.5) is 0 Å². The Kier molecular flexibility index (Phi) is 7.98. The Bertz CT molecular complexity index is 1040. The van der Waals surface area contributed by atoms with Crippen molar-refractivity contribution in [3.05, 3.63) is 76.4 Å². The van der Waals surface area contributed by atoms with Crippen molar-refractivity contribution in [3.63, 3.8) is 0 Å². The van der Waals surface area contributed by atoms with E-state index in [1.54, 1.807) is 17.0 Å². The molecule has 0 spiro atoms. The molecule has 0 saturated carbocycles. The maximum Gasteiger partial charge on any atom is 0.295 e. The molecule has 1 heterocycles. The summed E-state index contributed by atoms with van der Waals surface area (Å²) in [5.74, 6) is -1.28. The number of benzene rings is 2. The van der Waals surface area contributed by atoms with Crippen LogP contribution in [0.1, 0.15) is 69.3 Å². The van der Waals surface area contributed by atoms with E-state index in [1.807, 2.05) is 31.2 Å². The summed E-state index contributed by atoms with van der Waals surface area (Å²) >= 11 is 0. The molecule has 182 valence electrons. The fraction of sp³-hybridized carbons (Fsp3) is 0.448. The Labute approximate surface area is 204 Å². The first kappa shape index (κ1) is 25.7. The third-order valence-corrected chi connectivity index (χ3v) is 6.73. The zero-order valence-corrected chi connectivity index (χ0v) is 21.4. The zero-order valence-electron chi connectivity index (χ0n) is 21.4. The number of hydrogen-bond acceptors (Lipinski definition) is 4. The topological polar surface area (TPSA) is 60.9 Å². The molecule has 1 saturated heterocycles. The number of Topliss-reactive ketones (excluding diaryl/α,β-unsaturated/α-hetero) is 1. The van der Waals surface area contributed by atoms with E-state index >= 15 is 0 Å². The quantitative estimate of drug-likeness (QED) is 0.322. The van der Waals surface area contributed by atoms with Gasteiger partial charge < -0.3 is 14.9 Å². The van der Waals surface area contributed by atoms with Crippen molar-refractivity contribution in [3.8, 4) is 0 Å². The maximum absolute atomic E-state index is 13.2. The van der Waals surface area contributed by atoms with Gasteiger partial charge in [0.2, 0.25) is 0 Å². The molecule has 34 heavy (non-hydrogen) atoms. The van der Waals surface area contributed by atoms with Gasteiger partial charge in [-0.15, -0.1) is 0 Å². The predicted molar refractivity (Wildman–Crippen MR) is 138 cm³/mol. The lowest BCUT2D eigenvalue weighted by Crippen LogP contribution is -2.33. The number of carbonyl (C=O) groups excluding carboxylic acids is 2. The second-order valence-electron chi connectivity index (χ2n) is 10.1. The van der Waals surface area contributed by atoms with Crippen molar-refractivity contribution in [2.45, 2.75) is 59.4 Å². The number of carbonyl (C=O) groups is 2.